The quantitative estimate of drug-likeness (QED) is 0.558. The minimum Gasteiger partial charge on any atom is -0.480 e. The Balaban J connectivity index is 1.51. The Bertz CT molecular complexity index is 1190. The molecule has 2 atom stereocenters. The number of carboxylic acid groups (broad SMARTS) is 1. The van der Waals surface area contributed by atoms with E-state index >= 15 is 0 Å². The van der Waals surface area contributed by atoms with Gasteiger partial charge in [0.2, 0.25) is 0 Å². The number of aliphatic carboxylic acids is 1. The molecular formula is C25H26N4O5. The summed E-state index contributed by atoms with van der Waals surface area (Å²) in [6, 6.07) is 13.8. The summed E-state index contributed by atoms with van der Waals surface area (Å²) < 4.78 is 7.07. The lowest BCUT2D eigenvalue weighted by Gasteiger charge is -2.26. The number of rotatable bonds is 7. The number of alkyl carbamates (subject to hydrolysis) is 1. The third-order valence-electron chi connectivity index (χ3n) is 6.20. The van der Waals surface area contributed by atoms with Crippen molar-refractivity contribution in [1.82, 2.24) is 20.0 Å². The number of aryl methyl sites for hydroxylation is 1. The molecule has 0 fully saturated rings. The van der Waals surface area contributed by atoms with Crippen molar-refractivity contribution in [2.75, 3.05) is 13.7 Å². The van der Waals surface area contributed by atoms with Gasteiger partial charge in [-0.05, 0) is 29.2 Å². The van der Waals surface area contributed by atoms with E-state index in [9.17, 15) is 19.5 Å². The van der Waals surface area contributed by atoms with Crippen LogP contribution < -0.4 is 5.32 Å². The van der Waals surface area contributed by atoms with Crippen molar-refractivity contribution >= 4 is 18.0 Å². The number of hydrogen-bond donors (Lipinski definition) is 2. The van der Waals surface area contributed by atoms with E-state index in [1.165, 1.54) is 24.9 Å². The van der Waals surface area contributed by atoms with Crippen LogP contribution in [0, 0.1) is 0 Å². The monoisotopic (exact) mass is 462 g/mol. The Morgan fingerprint density at radius 1 is 1.12 bits per heavy atom. The van der Waals surface area contributed by atoms with Crippen LogP contribution in [0.4, 0.5) is 4.79 Å². The predicted octanol–water partition coefficient (Wildman–Crippen LogP) is 2.93. The normalized spacial score (nSPS) is 14.0. The van der Waals surface area contributed by atoms with Crippen LogP contribution in [0.15, 0.2) is 60.9 Å². The largest absolute Gasteiger partial charge is 0.480 e. The molecule has 34 heavy (non-hydrogen) atoms. The number of aromatic nitrogens is 2. The fourth-order valence-electron chi connectivity index (χ4n) is 4.19. The van der Waals surface area contributed by atoms with Gasteiger partial charge in [-0.25, -0.2) is 9.59 Å². The minimum absolute atomic E-state index is 0.0924. The maximum absolute atomic E-state index is 13.1. The molecule has 1 aliphatic rings. The zero-order valence-corrected chi connectivity index (χ0v) is 19.1. The summed E-state index contributed by atoms with van der Waals surface area (Å²) in [6.45, 7) is 1.49. The van der Waals surface area contributed by atoms with Crippen LogP contribution in [-0.4, -0.2) is 57.5 Å². The van der Waals surface area contributed by atoms with E-state index in [0.29, 0.717) is 5.56 Å². The number of carbonyl (C=O) groups is 3. The summed E-state index contributed by atoms with van der Waals surface area (Å²) in [4.78, 5) is 38.3. The Hall–Kier alpha value is -4.14. The Morgan fingerprint density at radius 2 is 1.71 bits per heavy atom. The highest BCUT2D eigenvalue weighted by Gasteiger charge is 2.33. The van der Waals surface area contributed by atoms with Gasteiger partial charge < -0.3 is 20.1 Å². The molecule has 9 nitrogen and oxygen atoms in total. The fraction of sp³-hybridized carbons (Fsp3) is 0.280. The second kappa shape index (κ2) is 9.38. The van der Waals surface area contributed by atoms with Crippen molar-refractivity contribution in [2.45, 2.75) is 24.9 Å². The van der Waals surface area contributed by atoms with Gasteiger partial charge in [-0.15, -0.1) is 0 Å². The summed E-state index contributed by atoms with van der Waals surface area (Å²) in [5, 5.41) is 15.9. The molecule has 176 valence electrons. The molecule has 0 bridgehead atoms. The summed E-state index contributed by atoms with van der Waals surface area (Å²) in [5.74, 6) is -1.86. The van der Waals surface area contributed by atoms with Gasteiger partial charge in [-0.3, -0.25) is 9.48 Å². The van der Waals surface area contributed by atoms with Crippen LogP contribution in [0.1, 0.15) is 35.6 Å². The molecule has 9 heteroatoms. The molecule has 2 unspecified atom stereocenters. The second-order valence-corrected chi connectivity index (χ2v) is 8.31. The summed E-state index contributed by atoms with van der Waals surface area (Å²) in [6.07, 6.45) is 2.26. The number of carboxylic acids is 1. The molecule has 2 N–H and O–H groups in total. The fourth-order valence-corrected chi connectivity index (χ4v) is 4.19. The van der Waals surface area contributed by atoms with Crippen LogP contribution >= 0.6 is 0 Å². The number of likely N-dealkylation sites (N-methyl/N-ethyl adjacent to an activating group) is 1. The van der Waals surface area contributed by atoms with E-state index in [1.54, 1.807) is 13.2 Å². The molecule has 1 aliphatic carbocycles. The van der Waals surface area contributed by atoms with Gasteiger partial charge in [-0.2, -0.15) is 5.10 Å². The maximum Gasteiger partial charge on any atom is 0.408 e. The molecule has 1 aromatic heterocycles. The Kier molecular flexibility index (Phi) is 6.36. The lowest BCUT2D eigenvalue weighted by Crippen LogP contribution is -2.47. The number of amides is 2. The van der Waals surface area contributed by atoms with E-state index in [0.717, 1.165) is 27.2 Å². The van der Waals surface area contributed by atoms with Crippen LogP contribution in [0.2, 0.25) is 0 Å². The zero-order valence-electron chi connectivity index (χ0n) is 19.1. The first kappa shape index (κ1) is 23.0. The molecule has 0 saturated carbocycles. The van der Waals surface area contributed by atoms with Crippen molar-refractivity contribution < 1.29 is 24.2 Å². The van der Waals surface area contributed by atoms with E-state index in [4.69, 9.17) is 4.74 Å². The highest BCUT2D eigenvalue weighted by molar-refractivity contribution is 5.90. The number of hydrogen-bond acceptors (Lipinski definition) is 5. The molecule has 0 spiro atoms. The van der Waals surface area contributed by atoms with Gasteiger partial charge in [-0.1, -0.05) is 48.5 Å². The van der Waals surface area contributed by atoms with Crippen LogP contribution in [-0.2, 0) is 21.4 Å². The molecule has 4 rings (SSSR count). The van der Waals surface area contributed by atoms with E-state index in [2.05, 4.69) is 10.4 Å². The molecule has 0 aliphatic heterocycles. The lowest BCUT2D eigenvalue weighted by molar-refractivity contribution is -0.149. The molecule has 1 heterocycles. The summed E-state index contributed by atoms with van der Waals surface area (Å²) >= 11 is 0. The van der Waals surface area contributed by atoms with Crippen molar-refractivity contribution in [3.05, 3.63) is 77.6 Å². The molecule has 0 saturated heterocycles. The van der Waals surface area contributed by atoms with Crippen molar-refractivity contribution in [3.63, 3.8) is 0 Å². The third-order valence-corrected chi connectivity index (χ3v) is 6.20. The van der Waals surface area contributed by atoms with Crippen LogP contribution in [0.25, 0.3) is 11.1 Å². The molecule has 2 amide bonds. The number of carbonyl (C=O) groups excluding carboxylic acids is 2. The van der Waals surface area contributed by atoms with Gasteiger partial charge in [0.25, 0.3) is 5.91 Å². The molecule has 0 radical (unpaired) electrons. The average Bonchev–Trinajstić information content (AvgIpc) is 3.41. The Morgan fingerprint density at radius 3 is 2.24 bits per heavy atom. The van der Waals surface area contributed by atoms with Crippen LogP contribution in [0.3, 0.4) is 0 Å². The standard InChI is InChI=1S/C25H26N4O5/c1-15(24(31)32)29(3)23(30)22(16-12-26-28(2)13-16)27-25(33)34-14-21-19-10-6-4-8-17(19)18-9-5-7-11-20(18)21/h4-13,15,21-22H,14H2,1-3H3,(H,27,33)(H,31,32). The predicted molar refractivity (Wildman–Crippen MR) is 124 cm³/mol. The van der Waals surface area contributed by atoms with E-state index in [1.807, 2.05) is 48.5 Å². The molecule has 2 aromatic carbocycles. The first-order valence-electron chi connectivity index (χ1n) is 10.9. The maximum atomic E-state index is 13.1. The molecular weight excluding hydrogens is 436 g/mol. The van der Waals surface area contributed by atoms with Crippen molar-refractivity contribution in [2.24, 2.45) is 7.05 Å². The van der Waals surface area contributed by atoms with Gasteiger partial charge in [0.15, 0.2) is 0 Å². The van der Waals surface area contributed by atoms with Gasteiger partial charge in [0.1, 0.15) is 18.7 Å². The number of fused-ring (bicyclic) bond motifs is 3. The van der Waals surface area contributed by atoms with E-state index < -0.39 is 30.1 Å². The summed E-state index contributed by atoms with van der Waals surface area (Å²) in [7, 11) is 3.06. The lowest BCUT2D eigenvalue weighted by atomic mass is 9.98. The number of nitrogens with one attached hydrogen (secondary N) is 1. The topological polar surface area (TPSA) is 114 Å². The van der Waals surface area contributed by atoms with Crippen molar-refractivity contribution in [1.29, 1.82) is 0 Å². The molecule has 3 aromatic rings. The highest BCUT2D eigenvalue weighted by atomic mass is 16.5. The van der Waals surface area contributed by atoms with E-state index in [-0.39, 0.29) is 12.5 Å². The second-order valence-electron chi connectivity index (χ2n) is 8.31. The Labute approximate surface area is 196 Å². The summed E-state index contributed by atoms with van der Waals surface area (Å²) in [5.41, 5.74) is 4.79. The van der Waals surface area contributed by atoms with Crippen LogP contribution in [0.5, 0.6) is 0 Å². The SMILES string of the molecule is CC(C(=O)O)N(C)C(=O)C(NC(=O)OCC1c2ccccc2-c2ccccc21)c1cnn(C)c1. The van der Waals surface area contributed by atoms with Gasteiger partial charge in [0.05, 0.1) is 6.20 Å². The first-order chi connectivity index (χ1) is 16.3. The number of benzene rings is 2. The highest BCUT2D eigenvalue weighted by Crippen LogP contribution is 2.44. The van der Waals surface area contributed by atoms with Gasteiger partial charge >= 0.3 is 12.1 Å². The van der Waals surface area contributed by atoms with Gasteiger partial charge in [0, 0.05) is 31.8 Å². The van der Waals surface area contributed by atoms with Crippen molar-refractivity contribution in [3.8, 4) is 11.1 Å². The number of ether oxygens (including phenoxy) is 1. The third kappa shape index (κ3) is 4.36. The first-order valence-corrected chi connectivity index (χ1v) is 10.9. The zero-order chi connectivity index (χ0) is 24.4. The minimum atomic E-state index is -1.15. The number of nitrogens with zero attached hydrogens (tertiary/aromatic N) is 3. The smallest absolute Gasteiger partial charge is 0.408 e. The average molecular weight is 463 g/mol.